The second-order valence-electron chi connectivity index (χ2n) is 10.9. The monoisotopic (exact) mass is 538 g/mol. The lowest BCUT2D eigenvalue weighted by atomic mass is 9.81. The number of rotatable bonds is 11. The Bertz CT molecular complexity index is 1060. The highest BCUT2D eigenvalue weighted by Gasteiger charge is 2.51. The SMILES string of the molecule is CC[C@H](C[C@@H]1O[C@@]2(CC[C@@H]1C)C[C@H](OC(=O)c1ccccc1)[C@H](C)[C@H](CC=O)O2)OCc1ccc(OC)cc1. The Morgan fingerprint density at radius 1 is 1.08 bits per heavy atom. The summed E-state index contributed by atoms with van der Waals surface area (Å²) in [5.74, 6) is -0.248. The third kappa shape index (κ3) is 7.47. The minimum atomic E-state index is -0.896. The van der Waals surface area contributed by atoms with Crippen molar-refractivity contribution in [1.82, 2.24) is 0 Å². The van der Waals surface area contributed by atoms with E-state index in [-0.39, 0.29) is 36.6 Å². The summed E-state index contributed by atoms with van der Waals surface area (Å²) in [6.45, 7) is 6.82. The molecule has 0 amide bonds. The summed E-state index contributed by atoms with van der Waals surface area (Å²) in [7, 11) is 1.66. The lowest BCUT2D eigenvalue weighted by Crippen LogP contribution is -2.57. The van der Waals surface area contributed by atoms with Crippen LogP contribution in [0.15, 0.2) is 54.6 Å². The molecule has 7 nitrogen and oxygen atoms in total. The molecule has 2 aromatic carbocycles. The van der Waals surface area contributed by atoms with E-state index in [0.717, 1.165) is 36.9 Å². The van der Waals surface area contributed by atoms with E-state index >= 15 is 0 Å². The maximum Gasteiger partial charge on any atom is 0.338 e. The van der Waals surface area contributed by atoms with E-state index in [2.05, 4.69) is 13.8 Å². The molecule has 212 valence electrons. The van der Waals surface area contributed by atoms with E-state index in [9.17, 15) is 9.59 Å². The first-order valence-electron chi connectivity index (χ1n) is 14.2. The second kappa shape index (κ2) is 13.6. The minimum Gasteiger partial charge on any atom is -0.497 e. The Morgan fingerprint density at radius 3 is 2.46 bits per heavy atom. The standard InChI is InChI=1S/C32H42O7/c1-5-26(36-21-24-11-13-27(35-4)14-12-24)19-29-22(2)15-17-32(39-29)20-30(23(3)28(38-32)16-18-33)37-31(34)25-9-7-6-8-10-25/h6-14,18,22-23,26,28-30H,5,15-17,19-21H2,1-4H3/t22-,23+,26+,28-,29-,30-,32-/m0/s1. The normalized spacial score (nSPS) is 29.5. The molecule has 0 bridgehead atoms. The molecule has 2 aliphatic heterocycles. The maximum absolute atomic E-state index is 12.9. The van der Waals surface area contributed by atoms with Crippen LogP contribution >= 0.6 is 0 Å². The molecule has 2 saturated heterocycles. The molecular weight excluding hydrogens is 496 g/mol. The molecule has 2 fully saturated rings. The van der Waals surface area contributed by atoms with Crippen molar-refractivity contribution >= 4 is 12.3 Å². The van der Waals surface area contributed by atoms with Crippen LogP contribution in [-0.4, -0.2) is 49.6 Å². The van der Waals surface area contributed by atoms with E-state index < -0.39 is 11.9 Å². The maximum atomic E-state index is 12.9. The molecule has 4 rings (SSSR count). The summed E-state index contributed by atoms with van der Waals surface area (Å²) in [6, 6.07) is 16.9. The topological polar surface area (TPSA) is 80.3 Å². The van der Waals surface area contributed by atoms with Crippen molar-refractivity contribution < 1.29 is 33.3 Å². The Kier molecular flexibility index (Phi) is 10.2. The van der Waals surface area contributed by atoms with Gasteiger partial charge in [-0.05, 0) is 48.6 Å². The molecule has 0 aromatic heterocycles. The van der Waals surface area contributed by atoms with Crippen LogP contribution in [-0.2, 0) is 30.3 Å². The van der Waals surface area contributed by atoms with Gasteiger partial charge in [0.05, 0.1) is 37.6 Å². The highest BCUT2D eigenvalue weighted by molar-refractivity contribution is 5.89. The number of aldehydes is 1. The molecule has 0 N–H and O–H groups in total. The summed E-state index contributed by atoms with van der Waals surface area (Å²) in [4.78, 5) is 24.4. The van der Waals surface area contributed by atoms with Crippen molar-refractivity contribution in [2.24, 2.45) is 11.8 Å². The molecular formula is C32H42O7. The summed E-state index contributed by atoms with van der Waals surface area (Å²) < 4.78 is 30.9. The predicted octanol–water partition coefficient (Wildman–Crippen LogP) is 6.13. The van der Waals surface area contributed by atoms with Crippen molar-refractivity contribution in [2.45, 2.75) is 96.1 Å². The average molecular weight is 539 g/mol. The zero-order chi connectivity index (χ0) is 27.8. The summed E-state index contributed by atoms with van der Waals surface area (Å²) in [6.07, 6.45) is 3.90. The molecule has 2 aromatic rings. The smallest absolute Gasteiger partial charge is 0.338 e. The van der Waals surface area contributed by atoms with E-state index in [0.29, 0.717) is 30.9 Å². The minimum absolute atomic E-state index is 0.0229. The van der Waals surface area contributed by atoms with Crippen LogP contribution in [0.1, 0.15) is 75.2 Å². The van der Waals surface area contributed by atoms with Crippen LogP contribution in [0.5, 0.6) is 5.75 Å². The van der Waals surface area contributed by atoms with Crippen molar-refractivity contribution in [2.75, 3.05) is 7.11 Å². The first kappa shape index (κ1) is 29.2. The fourth-order valence-corrected chi connectivity index (χ4v) is 5.60. The van der Waals surface area contributed by atoms with Crippen LogP contribution in [0.2, 0.25) is 0 Å². The van der Waals surface area contributed by atoms with Crippen LogP contribution in [0, 0.1) is 11.8 Å². The van der Waals surface area contributed by atoms with Crippen LogP contribution in [0.4, 0.5) is 0 Å². The number of methoxy groups -OCH3 is 1. The van der Waals surface area contributed by atoms with Crippen LogP contribution in [0.25, 0.3) is 0 Å². The molecule has 2 aliphatic rings. The summed E-state index contributed by atoms with van der Waals surface area (Å²) >= 11 is 0. The number of esters is 1. The van der Waals surface area contributed by atoms with Gasteiger partial charge in [-0.15, -0.1) is 0 Å². The highest BCUT2D eigenvalue weighted by Crippen LogP contribution is 2.45. The number of carbonyl (C=O) groups excluding carboxylic acids is 2. The van der Waals surface area contributed by atoms with E-state index in [1.54, 1.807) is 19.2 Å². The van der Waals surface area contributed by atoms with Gasteiger partial charge in [-0.25, -0.2) is 4.79 Å². The molecule has 0 unspecified atom stereocenters. The molecule has 7 heteroatoms. The zero-order valence-electron chi connectivity index (χ0n) is 23.5. The molecule has 0 radical (unpaired) electrons. The van der Waals surface area contributed by atoms with Gasteiger partial charge in [-0.1, -0.05) is 51.1 Å². The van der Waals surface area contributed by atoms with Crippen molar-refractivity contribution in [1.29, 1.82) is 0 Å². The average Bonchev–Trinajstić information content (AvgIpc) is 2.96. The Hall–Kier alpha value is -2.74. The quantitative estimate of drug-likeness (QED) is 0.251. The Balaban J connectivity index is 1.44. The molecule has 39 heavy (non-hydrogen) atoms. The Morgan fingerprint density at radius 2 is 1.79 bits per heavy atom. The molecule has 7 atom stereocenters. The van der Waals surface area contributed by atoms with Gasteiger partial charge < -0.3 is 28.5 Å². The third-order valence-corrected chi connectivity index (χ3v) is 8.22. The fourth-order valence-electron chi connectivity index (χ4n) is 5.60. The van der Waals surface area contributed by atoms with Crippen molar-refractivity contribution in [3.05, 3.63) is 65.7 Å². The first-order valence-corrected chi connectivity index (χ1v) is 14.2. The number of hydrogen-bond acceptors (Lipinski definition) is 7. The van der Waals surface area contributed by atoms with Gasteiger partial charge in [0.25, 0.3) is 0 Å². The number of ether oxygens (including phenoxy) is 5. The van der Waals surface area contributed by atoms with Gasteiger partial charge in [0.1, 0.15) is 18.1 Å². The number of hydrogen-bond donors (Lipinski definition) is 0. The van der Waals surface area contributed by atoms with Gasteiger partial charge >= 0.3 is 5.97 Å². The van der Waals surface area contributed by atoms with E-state index in [4.69, 9.17) is 23.7 Å². The van der Waals surface area contributed by atoms with E-state index in [1.807, 2.05) is 49.4 Å². The van der Waals surface area contributed by atoms with Crippen molar-refractivity contribution in [3.8, 4) is 5.75 Å². The molecule has 0 aliphatic carbocycles. The van der Waals surface area contributed by atoms with Gasteiger partial charge in [-0.2, -0.15) is 0 Å². The number of carbonyl (C=O) groups is 2. The van der Waals surface area contributed by atoms with E-state index in [1.165, 1.54) is 0 Å². The predicted molar refractivity (Wildman–Crippen MR) is 147 cm³/mol. The summed E-state index contributed by atoms with van der Waals surface area (Å²) in [5.41, 5.74) is 1.60. The van der Waals surface area contributed by atoms with Gasteiger partial charge in [0.15, 0.2) is 5.79 Å². The third-order valence-electron chi connectivity index (χ3n) is 8.22. The zero-order valence-corrected chi connectivity index (χ0v) is 23.5. The number of benzene rings is 2. The second-order valence-corrected chi connectivity index (χ2v) is 10.9. The van der Waals surface area contributed by atoms with Crippen LogP contribution in [0.3, 0.4) is 0 Å². The van der Waals surface area contributed by atoms with Crippen molar-refractivity contribution in [3.63, 3.8) is 0 Å². The Labute approximate surface area is 232 Å². The molecule has 2 heterocycles. The first-order chi connectivity index (χ1) is 18.9. The van der Waals surface area contributed by atoms with Gasteiger partial charge in [0.2, 0.25) is 0 Å². The molecule has 0 saturated carbocycles. The lowest BCUT2D eigenvalue weighted by Gasteiger charge is -2.51. The van der Waals surface area contributed by atoms with Crippen LogP contribution < -0.4 is 4.74 Å². The van der Waals surface area contributed by atoms with Gasteiger partial charge in [0, 0.05) is 31.6 Å². The highest BCUT2D eigenvalue weighted by atomic mass is 16.7. The lowest BCUT2D eigenvalue weighted by molar-refractivity contribution is -0.346. The fraction of sp³-hybridized carbons (Fsp3) is 0.562. The summed E-state index contributed by atoms with van der Waals surface area (Å²) in [5, 5.41) is 0. The van der Waals surface area contributed by atoms with Gasteiger partial charge in [-0.3, -0.25) is 0 Å². The largest absolute Gasteiger partial charge is 0.497 e. The molecule has 1 spiro atoms.